The Kier molecular flexibility index (Phi) is 6.19. The van der Waals surface area contributed by atoms with Crippen LogP contribution in [0.5, 0.6) is 0 Å². The highest BCUT2D eigenvalue weighted by atomic mass is 79.9. The van der Waals surface area contributed by atoms with Crippen LogP contribution in [-0.2, 0) is 13.1 Å². The zero-order valence-corrected chi connectivity index (χ0v) is 17.5. The van der Waals surface area contributed by atoms with Gasteiger partial charge in [-0.25, -0.2) is 18.0 Å². The van der Waals surface area contributed by atoms with Crippen LogP contribution in [0.4, 0.5) is 13.2 Å². The van der Waals surface area contributed by atoms with Crippen molar-refractivity contribution in [2.75, 3.05) is 0 Å². The molecule has 0 fully saturated rings. The van der Waals surface area contributed by atoms with E-state index in [9.17, 15) is 28.0 Å². The fourth-order valence-corrected chi connectivity index (χ4v) is 4.00. The number of carbonyl (C=O) groups excluding carboxylic acids is 1. The monoisotopic (exact) mass is 497 g/mol. The van der Waals surface area contributed by atoms with Crippen LogP contribution in [0, 0.1) is 17.1 Å². The quantitative estimate of drug-likeness (QED) is 0.358. The predicted octanol–water partition coefficient (Wildman–Crippen LogP) is 4.91. The number of imidazole rings is 1. The number of allylic oxidation sites excluding steroid dienone is 1. The Hall–Kier alpha value is -2.83. The molecule has 0 bridgehead atoms. The standard InChI is InChI=1S/C20H12BrClF3N3O2/c1-2-5-27-18-12(8-26)17(19(29)11-6-10(23)3-4-14(11)22)13(21)7-15(18)28(20(27)30)9-16(24)25/h2-4,6-7,16H,1,5,9H2. The Balaban J connectivity index is 2.41. The lowest BCUT2D eigenvalue weighted by Gasteiger charge is -2.11. The van der Waals surface area contributed by atoms with E-state index < -0.39 is 30.3 Å². The van der Waals surface area contributed by atoms with Crippen molar-refractivity contribution in [2.24, 2.45) is 0 Å². The van der Waals surface area contributed by atoms with Crippen molar-refractivity contribution in [1.29, 1.82) is 5.26 Å². The second kappa shape index (κ2) is 8.50. The number of carbonyl (C=O) groups is 1. The minimum absolute atomic E-state index is 0.00197. The van der Waals surface area contributed by atoms with E-state index in [4.69, 9.17) is 11.6 Å². The van der Waals surface area contributed by atoms with Crippen molar-refractivity contribution in [3.63, 3.8) is 0 Å². The second-order valence-corrected chi connectivity index (χ2v) is 7.49. The van der Waals surface area contributed by atoms with E-state index in [0.717, 1.165) is 21.3 Å². The zero-order chi connectivity index (χ0) is 22.2. The summed E-state index contributed by atoms with van der Waals surface area (Å²) in [5.41, 5.74) is -1.30. The van der Waals surface area contributed by atoms with E-state index in [1.165, 1.54) is 18.2 Å². The van der Waals surface area contributed by atoms with Crippen molar-refractivity contribution in [3.8, 4) is 6.07 Å². The highest BCUT2D eigenvalue weighted by Crippen LogP contribution is 2.33. The maximum absolute atomic E-state index is 13.7. The molecule has 1 aromatic heterocycles. The van der Waals surface area contributed by atoms with Gasteiger partial charge in [0.15, 0.2) is 5.78 Å². The van der Waals surface area contributed by atoms with Crippen LogP contribution in [0.25, 0.3) is 11.0 Å². The van der Waals surface area contributed by atoms with Crippen molar-refractivity contribution >= 4 is 44.3 Å². The van der Waals surface area contributed by atoms with Gasteiger partial charge in [0.2, 0.25) is 0 Å². The molecule has 1 heterocycles. The first-order valence-corrected chi connectivity index (χ1v) is 9.62. The van der Waals surface area contributed by atoms with Gasteiger partial charge in [0.05, 0.1) is 33.7 Å². The van der Waals surface area contributed by atoms with Gasteiger partial charge in [-0.2, -0.15) is 5.26 Å². The van der Waals surface area contributed by atoms with Crippen LogP contribution in [0.1, 0.15) is 21.5 Å². The fourth-order valence-electron chi connectivity index (χ4n) is 3.20. The lowest BCUT2D eigenvalue weighted by Crippen LogP contribution is -2.26. The maximum atomic E-state index is 13.7. The molecule has 0 aliphatic carbocycles. The van der Waals surface area contributed by atoms with E-state index in [1.807, 2.05) is 6.07 Å². The molecule has 0 saturated carbocycles. The van der Waals surface area contributed by atoms with Gasteiger partial charge in [-0.05, 0) is 40.2 Å². The smallest absolute Gasteiger partial charge is 0.288 e. The van der Waals surface area contributed by atoms with E-state index in [2.05, 4.69) is 22.5 Å². The molecule has 0 radical (unpaired) electrons. The number of rotatable bonds is 6. The Morgan fingerprint density at radius 1 is 1.33 bits per heavy atom. The highest BCUT2D eigenvalue weighted by molar-refractivity contribution is 9.10. The van der Waals surface area contributed by atoms with Crippen molar-refractivity contribution in [1.82, 2.24) is 9.13 Å². The largest absolute Gasteiger partial charge is 0.329 e. The van der Waals surface area contributed by atoms with E-state index in [1.54, 1.807) is 0 Å². The van der Waals surface area contributed by atoms with Crippen LogP contribution in [-0.4, -0.2) is 21.3 Å². The van der Waals surface area contributed by atoms with Gasteiger partial charge in [0, 0.05) is 16.6 Å². The molecule has 0 unspecified atom stereocenters. The average Bonchev–Trinajstić information content (AvgIpc) is 2.93. The van der Waals surface area contributed by atoms with Gasteiger partial charge >= 0.3 is 5.69 Å². The summed E-state index contributed by atoms with van der Waals surface area (Å²) in [4.78, 5) is 25.8. The number of fused-ring (bicyclic) bond motifs is 1. The summed E-state index contributed by atoms with van der Waals surface area (Å²) in [7, 11) is 0. The molecule has 154 valence electrons. The van der Waals surface area contributed by atoms with Gasteiger partial charge in [-0.1, -0.05) is 17.7 Å². The maximum Gasteiger partial charge on any atom is 0.329 e. The first kappa shape index (κ1) is 21.9. The lowest BCUT2D eigenvalue weighted by atomic mass is 9.97. The molecule has 0 aliphatic rings. The number of hydrogen-bond donors (Lipinski definition) is 0. The molecule has 0 spiro atoms. The van der Waals surface area contributed by atoms with Gasteiger partial charge in [-0.15, -0.1) is 6.58 Å². The first-order chi connectivity index (χ1) is 14.2. The number of alkyl halides is 2. The van der Waals surface area contributed by atoms with E-state index in [0.29, 0.717) is 0 Å². The number of hydrogen-bond acceptors (Lipinski definition) is 3. The Labute approximate surface area is 181 Å². The molecule has 0 amide bonds. The molecule has 3 rings (SSSR count). The number of aromatic nitrogens is 2. The number of halogens is 5. The third-order valence-corrected chi connectivity index (χ3v) is 5.35. The lowest BCUT2D eigenvalue weighted by molar-refractivity contribution is 0.103. The van der Waals surface area contributed by atoms with Gasteiger partial charge in [-0.3, -0.25) is 13.9 Å². The molecule has 3 aromatic rings. The summed E-state index contributed by atoms with van der Waals surface area (Å²) < 4.78 is 41.8. The molecule has 5 nitrogen and oxygen atoms in total. The van der Waals surface area contributed by atoms with Crippen LogP contribution >= 0.6 is 27.5 Å². The summed E-state index contributed by atoms with van der Waals surface area (Å²) in [6, 6.07) is 6.39. The minimum Gasteiger partial charge on any atom is -0.288 e. The third kappa shape index (κ3) is 3.68. The van der Waals surface area contributed by atoms with Gasteiger partial charge in [0.1, 0.15) is 11.9 Å². The molecule has 0 atom stereocenters. The molecule has 10 heteroatoms. The molecular formula is C20H12BrClF3N3O2. The summed E-state index contributed by atoms with van der Waals surface area (Å²) in [5, 5.41) is 9.78. The van der Waals surface area contributed by atoms with Crippen molar-refractivity contribution in [2.45, 2.75) is 19.5 Å². The number of nitriles is 1. The summed E-state index contributed by atoms with van der Waals surface area (Å²) >= 11 is 9.22. The summed E-state index contributed by atoms with van der Waals surface area (Å²) in [5.74, 6) is -1.46. The van der Waals surface area contributed by atoms with Crippen LogP contribution in [0.3, 0.4) is 0 Å². The second-order valence-electron chi connectivity index (χ2n) is 6.22. The van der Waals surface area contributed by atoms with Gasteiger partial charge in [0.25, 0.3) is 6.43 Å². The first-order valence-electron chi connectivity index (χ1n) is 8.45. The zero-order valence-electron chi connectivity index (χ0n) is 15.1. The number of ketones is 1. The van der Waals surface area contributed by atoms with Crippen LogP contribution < -0.4 is 5.69 Å². The minimum atomic E-state index is -2.82. The Bertz CT molecular complexity index is 1290. The molecule has 2 aromatic carbocycles. The number of nitrogens with zero attached hydrogens (tertiary/aromatic N) is 3. The van der Waals surface area contributed by atoms with Crippen LogP contribution in [0.15, 0.2) is 46.2 Å². The van der Waals surface area contributed by atoms with Crippen molar-refractivity contribution < 1.29 is 18.0 Å². The van der Waals surface area contributed by atoms with E-state index in [-0.39, 0.29) is 43.8 Å². The molecule has 0 aliphatic heterocycles. The third-order valence-electron chi connectivity index (χ3n) is 4.40. The molecule has 0 saturated heterocycles. The van der Waals surface area contributed by atoms with Crippen molar-refractivity contribution in [3.05, 3.63) is 79.4 Å². The topological polar surface area (TPSA) is 67.8 Å². The average molecular weight is 499 g/mol. The molecule has 0 N–H and O–H groups in total. The fraction of sp³-hybridized carbons (Fsp3) is 0.150. The Morgan fingerprint density at radius 2 is 2.03 bits per heavy atom. The van der Waals surface area contributed by atoms with Gasteiger partial charge < -0.3 is 0 Å². The number of benzene rings is 2. The molecule has 30 heavy (non-hydrogen) atoms. The van der Waals surface area contributed by atoms with Crippen LogP contribution in [0.2, 0.25) is 5.02 Å². The summed E-state index contributed by atoms with van der Waals surface area (Å²) in [6.45, 7) is 2.58. The Morgan fingerprint density at radius 3 is 2.63 bits per heavy atom. The summed E-state index contributed by atoms with van der Waals surface area (Å²) in [6.07, 6.45) is -1.45. The highest BCUT2D eigenvalue weighted by Gasteiger charge is 2.27. The predicted molar refractivity (Wildman–Crippen MR) is 110 cm³/mol. The normalized spacial score (nSPS) is 11.1. The molecular weight excluding hydrogens is 487 g/mol. The SMILES string of the molecule is C=CCn1c(=O)n(CC(F)F)c2cc(Br)c(C(=O)c3cc(F)ccc3Cl)c(C#N)c21. The van der Waals surface area contributed by atoms with E-state index >= 15 is 0 Å².